The summed E-state index contributed by atoms with van der Waals surface area (Å²) >= 11 is 0. The molecule has 0 heterocycles. The van der Waals surface area contributed by atoms with Gasteiger partial charge in [0.25, 0.3) is 0 Å². The number of rotatable bonds is 4. The van der Waals surface area contributed by atoms with Crippen molar-refractivity contribution in [3.8, 4) is 0 Å². The maximum atomic E-state index is 5.37. The lowest BCUT2D eigenvalue weighted by atomic mass is 9.97. The van der Waals surface area contributed by atoms with Crippen LogP contribution in [0.15, 0.2) is 0 Å². The van der Waals surface area contributed by atoms with Crippen LogP contribution in [0.4, 0.5) is 0 Å². The zero-order valence-corrected chi connectivity index (χ0v) is 9.94. The van der Waals surface area contributed by atoms with Gasteiger partial charge in [0, 0.05) is 13.2 Å². The Hall–Kier alpha value is -0.0151. The summed E-state index contributed by atoms with van der Waals surface area (Å²) in [5.74, 6) is 0. The van der Waals surface area contributed by atoms with Gasteiger partial charge in [-0.2, -0.15) is 0 Å². The van der Waals surface area contributed by atoms with E-state index in [1.165, 1.54) is 0 Å². The molecule has 0 spiro atoms. The van der Waals surface area contributed by atoms with Crippen LogP contribution in [0.25, 0.3) is 0 Å². The van der Waals surface area contributed by atoms with E-state index in [1.54, 1.807) is 0 Å². The summed E-state index contributed by atoms with van der Waals surface area (Å²) < 4.78 is 10.7. The molecular weight excluding hydrogens is 163 g/mol. The van der Waals surface area contributed by atoms with E-state index < -0.39 is 0 Å². The molecule has 0 aromatic heterocycles. The van der Waals surface area contributed by atoms with E-state index in [4.69, 9.17) is 9.31 Å². The summed E-state index contributed by atoms with van der Waals surface area (Å²) in [6.45, 7) is 14.4. The van der Waals surface area contributed by atoms with Crippen molar-refractivity contribution < 1.29 is 9.31 Å². The minimum atomic E-state index is 0.227. The molecule has 2 nitrogen and oxygen atoms in total. The molecule has 0 bridgehead atoms. The highest BCUT2D eigenvalue weighted by molar-refractivity contribution is 6.17. The molecule has 0 fully saturated rings. The maximum Gasteiger partial charge on any atom is 0.438 e. The average Bonchev–Trinajstić information content (AvgIpc) is 1.81. The second kappa shape index (κ2) is 5.01. The van der Waals surface area contributed by atoms with Crippen molar-refractivity contribution in [2.24, 2.45) is 10.8 Å². The van der Waals surface area contributed by atoms with Crippen LogP contribution >= 0.6 is 0 Å². The first-order chi connectivity index (χ1) is 5.71. The van der Waals surface area contributed by atoms with E-state index in [-0.39, 0.29) is 10.8 Å². The van der Waals surface area contributed by atoms with E-state index >= 15 is 0 Å². The van der Waals surface area contributed by atoms with Crippen molar-refractivity contribution >= 4 is 7.69 Å². The SMILES string of the molecule is CC(C)(C)COBOCC(C)(C)C. The molecule has 0 aromatic carbocycles. The maximum absolute atomic E-state index is 5.37. The third-order valence-electron chi connectivity index (χ3n) is 1.24. The second-order valence-electron chi connectivity index (χ2n) is 5.94. The molecule has 0 unspecified atom stereocenters. The third kappa shape index (κ3) is 12.0. The Balaban J connectivity index is 3.28. The fourth-order valence-electron chi connectivity index (χ4n) is 0.755. The lowest BCUT2D eigenvalue weighted by Crippen LogP contribution is -2.21. The van der Waals surface area contributed by atoms with Crippen LogP contribution in [0.5, 0.6) is 0 Å². The standard InChI is InChI=1S/C10H23BO2/c1-9(2,3)7-12-11-13-8-10(4,5)6/h11H,7-8H2,1-6H3. The topological polar surface area (TPSA) is 18.5 Å². The predicted molar refractivity (Wildman–Crippen MR) is 58.0 cm³/mol. The molecule has 0 atom stereocenters. The first-order valence-corrected chi connectivity index (χ1v) is 4.86. The van der Waals surface area contributed by atoms with E-state index in [0.29, 0.717) is 7.69 Å². The van der Waals surface area contributed by atoms with Crippen molar-refractivity contribution in [3.63, 3.8) is 0 Å². The molecule has 3 heteroatoms. The van der Waals surface area contributed by atoms with Crippen molar-refractivity contribution in [1.82, 2.24) is 0 Å². The summed E-state index contributed by atoms with van der Waals surface area (Å²) in [6, 6.07) is 0. The van der Waals surface area contributed by atoms with Gasteiger partial charge in [0.2, 0.25) is 0 Å². The summed E-state index contributed by atoms with van der Waals surface area (Å²) in [6.07, 6.45) is 0. The molecule has 0 saturated carbocycles. The Labute approximate surface area is 83.3 Å². The van der Waals surface area contributed by atoms with E-state index in [2.05, 4.69) is 41.5 Å². The normalized spacial score (nSPS) is 13.1. The first kappa shape index (κ1) is 13.0. The largest absolute Gasteiger partial charge is 0.438 e. The van der Waals surface area contributed by atoms with Crippen LogP contribution < -0.4 is 0 Å². The lowest BCUT2D eigenvalue weighted by molar-refractivity contribution is 0.129. The summed E-state index contributed by atoms with van der Waals surface area (Å²) in [5.41, 5.74) is 0.455. The zero-order valence-electron chi connectivity index (χ0n) is 9.94. The summed E-state index contributed by atoms with van der Waals surface area (Å²) in [4.78, 5) is 0. The zero-order chi connectivity index (χ0) is 10.5. The van der Waals surface area contributed by atoms with Gasteiger partial charge in [-0.3, -0.25) is 0 Å². The molecule has 0 radical (unpaired) electrons. The Bertz CT molecular complexity index is 117. The van der Waals surface area contributed by atoms with Gasteiger partial charge in [-0.25, -0.2) is 0 Å². The molecule has 0 aromatic rings. The van der Waals surface area contributed by atoms with Gasteiger partial charge in [-0.05, 0) is 10.8 Å². The molecule has 0 amide bonds. The molecule has 0 aliphatic carbocycles. The molecule has 78 valence electrons. The highest BCUT2D eigenvalue weighted by atomic mass is 16.6. The number of hydrogen-bond acceptors (Lipinski definition) is 2. The average molecular weight is 186 g/mol. The summed E-state index contributed by atoms with van der Waals surface area (Å²) in [5, 5.41) is 0. The number of hydrogen-bond donors (Lipinski definition) is 0. The van der Waals surface area contributed by atoms with Crippen LogP contribution in [0.1, 0.15) is 41.5 Å². The molecular formula is C10H23BO2. The van der Waals surface area contributed by atoms with Gasteiger partial charge in [-0.1, -0.05) is 41.5 Å². The Morgan fingerprint density at radius 2 is 1.08 bits per heavy atom. The predicted octanol–water partition coefficient (Wildman–Crippen LogP) is 2.38. The van der Waals surface area contributed by atoms with Crippen LogP contribution in [0, 0.1) is 10.8 Å². The van der Waals surface area contributed by atoms with Crippen LogP contribution in [0.2, 0.25) is 0 Å². The third-order valence-corrected chi connectivity index (χ3v) is 1.24. The van der Waals surface area contributed by atoms with Gasteiger partial charge in [0.05, 0.1) is 0 Å². The minimum Gasteiger partial charge on any atom is -0.413 e. The Kier molecular flexibility index (Phi) is 5.01. The molecule has 0 aliphatic rings. The minimum absolute atomic E-state index is 0.227. The van der Waals surface area contributed by atoms with Gasteiger partial charge in [-0.15, -0.1) is 0 Å². The van der Waals surface area contributed by atoms with Crippen molar-refractivity contribution in [1.29, 1.82) is 0 Å². The summed E-state index contributed by atoms with van der Waals surface area (Å²) in [7, 11) is 0.411. The highest BCUT2D eigenvalue weighted by Crippen LogP contribution is 2.14. The highest BCUT2D eigenvalue weighted by Gasteiger charge is 2.12. The van der Waals surface area contributed by atoms with E-state index in [9.17, 15) is 0 Å². The lowest BCUT2D eigenvalue weighted by Gasteiger charge is -2.20. The van der Waals surface area contributed by atoms with E-state index in [0.717, 1.165) is 13.2 Å². The van der Waals surface area contributed by atoms with Gasteiger partial charge in [0.1, 0.15) is 0 Å². The molecule has 13 heavy (non-hydrogen) atoms. The monoisotopic (exact) mass is 186 g/mol. The van der Waals surface area contributed by atoms with Crippen molar-refractivity contribution in [2.45, 2.75) is 41.5 Å². The Morgan fingerprint density at radius 1 is 0.769 bits per heavy atom. The molecule has 0 N–H and O–H groups in total. The molecule has 0 rings (SSSR count). The molecule has 0 aliphatic heterocycles. The van der Waals surface area contributed by atoms with E-state index in [1.807, 2.05) is 0 Å². The van der Waals surface area contributed by atoms with Crippen LogP contribution in [-0.4, -0.2) is 20.9 Å². The van der Waals surface area contributed by atoms with Crippen LogP contribution in [-0.2, 0) is 9.31 Å². The van der Waals surface area contributed by atoms with Gasteiger partial charge < -0.3 is 9.31 Å². The fraction of sp³-hybridized carbons (Fsp3) is 1.00. The molecule has 0 saturated heterocycles. The van der Waals surface area contributed by atoms with Gasteiger partial charge in [0.15, 0.2) is 0 Å². The van der Waals surface area contributed by atoms with Crippen molar-refractivity contribution in [3.05, 3.63) is 0 Å². The first-order valence-electron chi connectivity index (χ1n) is 4.86. The fourth-order valence-corrected chi connectivity index (χ4v) is 0.755. The van der Waals surface area contributed by atoms with Crippen LogP contribution in [0.3, 0.4) is 0 Å². The Morgan fingerprint density at radius 3 is 1.31 bits per heavy atom. The van der Waals surface area contributed by atoms with Crippen molar-refractivity contribution in [2.75, 3.05) is 13.2 Å². The quantitative estimate of drug-likeness (QED) is 0.495. The smallest absolute Gasteiger partial charge is 0.413 e. The second-order valence-corrected chi connectivity index (χ2v) is 5.94. The van der Waals surface area contributed by atoms with Gasteiger partial charge >= 0.3 is 7.69 Å².